The van der Waals surface area contributed by atoms with Crippen molar-refractivity contribution in [2.45, 2.75) is 44.6 Å². The summed E-state index contributed by atoms with van der Waals surface area (Å²) in [4.78, 5) is 2.43. The maximum Gasteiger partial charge on any atom is 0.0586 e. The van der Waals surface area contributed by atoms with Crippen LogP contribution in [0.25, 0.3) is 0 Å². The summed E-state index contributed by atoms with van der Waals surface area (Å²) in [6.07, 6.45) is 7.37. The fraction of sp³-hybridized carbons (Fsp3) is 1.00. The summed E-state index contributed by atoms with van der Waals surface area (Å²) in [5.74, 6) is 0.795. The zero-order chi connectivity index (χ0) is 10.2. The Balaban J connectivity index is 2.00. The van der Waals surface area contributed by atoms with E-state index in [4.69, 9.17) is 16.7 Å². The highest BCUT2D eigenvalue weighted by atomic mass is 35.5. The molecular weight excluding hydrogens is 198 g/mol. The van der Waals surface area contributed by atoms with Gasteiger partial charge in [-0.3, -0.25) is 4.90 Å². The third kappa shape index (κ3) is 4.16. The number of aliphatic hydroxyl groups excluding tert-OH is 1. The van der Waals surface area contributed by atoms with E-state index < -0.39 is 0 Å². The highest BCUT2D eigenvalue weighted by molar-refractivity contribution is 6.17. The van der Waals surface area contributed by atoms with Gasteiger partial charge in [0.25, 0.3) is 0 Å². The van der Waals surface area contributed by atoms with Gasteiger partial charge < -0.3 is 5.11 Å². The largest absolute Gasteiger partial charge is 0.395 e. The van der Waals surface area contributed by atoms with E-state index in [9.17, 15) is 0 Å². The van der Waals surface area contributed by atoms with Gasteiger partial charge in [-0.15, -0.1) is 11.6 Å². The lowest BCUT2D eigenvalue weighted by atomic mass is 10.2. The predicted molar refractivity (Wildman–Crippen MR) is 60.9 cm³/mol. The van der Waals surface area contributed by atoms with E-state index in [1.807, 2.05) is 0 Å². The molecule has 2 nitrogen and oxygen atoms in total. The van der Waals surface area contributed by atoms with Crippen LogP contribution in [-0.2, 0) is 0 Å². The Bertz CT molecular complexity index is 143. The van der Waals surface area contributed by atoms with Crippen molar-refractivity contribution >= 4 is 11.6 Å². The number of hydrogen-bond donors (Lipinski definition) is 1. The van der Waals surface area contributed by atoms with Crippen molar-refractivity contribution < 1.29 is 5.11 Å². The second-order valence-corrected chi connectivity index (χ2v) is 4.50. The molecule has 0 amide bonds. The maximum absolute atomic E-state index is 9.12. The Morgan fingerprint density at radius 3 is 2.71 bits per heavy atom. The van der Waals surface area contributed by atoms with Crippen molar-refractivity contribution in [3.05, 3.63) is 0 Å². The van der Waals surface area contributed by atoms with Gasteiger partial charge >= 0.3 is 0 Å². The van der Waals surface area contributed by atoms with E-state index in [0.717, 1.165) is 18.8 Å². The molecule has 1 heterocycles. The van der Waals surface area contributed by atoms with Gasteiger partial charge in [0.2, 0.25) is 0 Å². The van der Waals surface area contributed by atoms with Crippen molar-refractivity contribution in [3.8, 4) is 0 Å². The van der Waals surface area contributed by atoms with Crippen LogP contribution in [0, 0.1) is 0 Å². The molecule has 1 atom stereocenters. The molecule has 0 saturated carbocycles. The van der Waals surface area contributed by atoms with Gasteiger partial charge in [0.15, 0.2) is 0 Å². The molecule has 1 rings (SSSR count). The Morgan fingerprint density at radius 2 is 2.00 bits per heavy atom. The summed E-state index contributed by atoms with van der Waals surface area (Å²) in [6, 6.07) is 0.447. The first-order chi connectivity index (χ1) is 6.88. The van der Waals surface area contributed by atoms with Crippen LogP contribution in [0.1, 0.15) is 38.5 Å². The van der Waals surface area contributed by atoms with E-state index >= 15 is 0 Å². The van der Waals surface area contributed by atoms with Crippen LogP contribution in [0.2, 0.25) is 0 Å². The van der Waals surface area contributed by atoms with Crippen LogP contribution in [0.4, 0.5) is 0 Å². The van der Waals surface area contributed by atoms with Crippen LogP contribution >= 0.6 is 11.6 Å². The fourth-order valence-corrected chi connectivity index (χ4v) is 2.35. The smallest absolute Gasteiger partial charge is 0.0586 e. The van der Waals surface area contributed by atoms with Gasteiger partial charge in [0, 0.05) is 11.9 Å². The number of nitrogens with zero attached hydrogens (tertiary/aromatic N) is 1. The summed E-state index contributed by atoms with van der Waals surface area (Å²) < 4.78 is 0. The zero-order valence-electron chi connectivity index (χ0n) is 8.92. The quantitative estimate of drug-likeness (QED) is 0.525. The molecule has 14 heavy (non-hydrogen) atoms. The van der Waals surface area contributed by atoms with E-state index in [0.29, 0.717) is 12.6 Å². The fourth-order valence-electron chi connectivity index (χ4n) is 2.16. The van der Waals surface area contributed by atoms with Crippen LogP contribution in [0.3, 0.4) is 0 Å². The topological polar surface area (TPSA) is 23.5 Å². The molecule has 84 valence electrons. The van der Waals surface area contributed by atoms with Gasteiger partial charge in [-0.25, -0.2) is 0 Å². The van der Waals surface area contributed by atoms with Gasteiger partial charge in [0.05, 0.1) is 6.61 Å². The second-order valence-electron chi connectivity index (χ2n) is 4.12. The molecule has 1 unspecified atom stereocenters. The molecule has 3 heteroatoms. The Morgan fingerprint density at radius 1 is 1.21 bits per heavy atom. The number of hydrogen-bond acceptors (Lipinski definition) is 2. The Hall–Kier alpha value is 0.210. The lowest BCUT2D eigenvalue weighted by molar-refractivity contribution is 0.157. The molecular formula is C11H22ClNO. The number of aliphatic hydroxyl groups is 1. The van der Waals surface area contributed by atoms with E-state index in [1.54, 1.807) is 0 Å². The van der Waals surface area contributed by atoms with Gasteiger partial charge in [-0.2, -0.15) is 0 Å². The molecule has 1 saturated heterocycles. The number of alkyl halides is 1. The van der Waals surface area contributed by atoms with Crippen molar-refractivity contribution in [1.82, 2.24) is 4.90 Å². The normalized spacial score (nSPS) is 23.1. The zero-order valence-corrected chi connectivity index (χ0v) is 9.68. The number of rotatable bonds is 7. The lowest BCUT2D eigenvalue weighted by Gasteiger charge is -2.22. The SMILES string of the molecule is OCC1CCCN1CCCCCCCl. The van der Waals surface area contributed by atoms with E-state index in [2.05, 4.69) is 4.90 Å². The lowest BCUT2D eigenvalue weighted by Crippen LogP contribution is -2.32. The third-order valence-electron chi connectivity index (χ3n) is 3.04. The highest BCUT2D eigenvalue weighted by Crippen LogP contribution is 2.17. The summed E-state index contributed by atoms with van der Waals surface area (Å²) >= 11 is 5.61. The molecule has 0 aliphatic carbocycles. The molecule has 1 fully saturated rings. The van der Waals surface area contributed by atoms with Gasteiger partial charge in [-0.05, 0) is 38.8 Å². The molecule has 0 aromatic carbocycles. The Labute approximate surface area is 92.2 Å². The molecule has 0 aromatic rings. The first-order valence-corrected chi connectivity index (χ1v) is 6.33. The maximum atomic E-state index is 9.12. The van der Waals surface area contributed by atoms with Crippen LogP contribution in [-0.4, -0.2) is 41.6 Å². The summed E-state index contributed by atoms with van der Waals surface area (Å²) in [5, 5.41) is 9.12. The predicted octanol–water partition coefficient (Wildman–Crippen LogP) is 2.24. The number of halogens is 1. The summed E-state index contributed by atoms with van der Waals surface area (Å²) in [5.41, 5.74) is 0. The molecule has 0 aromatic heterocycles. The minimum atomic E-state index is 0.335. The van der Waals surface area contributed by atoms with Crippen molar-refractivity contribution in [1.29, 1.82) is 0 Å². The Kier molecular flexibility index (Phi) is 6.57. The highest BCUT2D eigenvalue weighted by Gasteiger charge is 2.22. The summed E-state index contributed by atoms with van der Waals surface area (Å²) in [7, 11) is 0. The van der Waals surface area contributed by atoms with Gasteiger partial charge in [-0.1, -0.05) is 12.8 Å². The van der Waals surface area contributed by atoms with Crippen LogP contribution < -0.4 is 0 Å². The van der Waals surface area contributed by atoms with Crippen molar-refractivity contribution in [2.24, 2.45) is 0 Å². The van der Waals surface area contributed by atoms with E-state index in [1.165, 1.54) is 38.6 Å². The molecule has 1 aliphatic rings. The molecule has 0 radical (unpaired) electrons. The second kappa shape index (κ2) is 7.49. The molecule has 0 bridgehead atoms. The monoisotopic (exact) mass is 219 g/mol. The van der Waals surface area contributed by atoms with Gasteiger partial charge in [0.1, 0.15) is 0 Å². The summed E-state index contributed by atoms with van der Waals surface area (Å²) in [6.45, 7) is 2.68. The third-order valence-corrected chi connectivity index (χ3v) is 3.31. The average Bonchev–Trinajstić information content (AvgIpc) is 2.65. The first-order valence-electron chi connectivity index (χ1n) is 5.79. The average molecular weight is 220 g/mol. The molecule has 0 spiro atoms. The number of unbranched alkanes of at least 4 members (excludes halogenated alkanes) is 3. The molecule has 1 aliphatic heterocycles. The first kappa shape index (κ1) is 12.3. The van der Waals surface area contributed by atoms with Crippen molar-refractivity contribution in [3.63, 3.8) is 0 Å². The standard InChI is InChI=1S/C11H22ClNO/c12-7-3-1-2-4-8-13-9-5-6-11(13)10-14/h11,14H,1-10H2. The van der Waals surface area contributed by atoms with Crippen LogP contribution in [0.15, 0.2) is 0 Å². The van der Waals surface area contributed by atoms with E-state index in [-0.39, 0.29) is 0 Å². The molecule has 1 N–H and O–H groups in total. The minimum Gasteiger partial charge on any atom is -0.395 e. The number of likely N-dealkylation sites (tertiary alicyclic amines) is 1. The van der Waals surface area contributed by atoms with Crippen LogP contribution in [0.5, 0.6) is 0 Å². The van der Waals surface area contributed by atoms with Crippen molar-refractivity contribution in [2.75, 3.05) is 25.6 Å². The minimum absolute atomic E-state index is 0.335.